The van der Waals surface area contributed by atoms with Gasteiger partial charge in [0.05, 0.1) is 12.0 Å². The molecule has 16 heteroatoms. The Morgan fingerprint density at radius 1 is 1.14 bits per heavy atom. The number of hydrogen-bond acceptors (Lipinski definition) is 9. The van der Waals surface area contributed by atoms with Crippen molar-refractivity contribution in [2.24, 2.45) is 5.73 Å². The number of thiophene rings is 1. The number of rotatable bonds is 10. The van der Waals surface area contributed by atoms with Gasteiger partial charge in [-0.3, -0.25) is 15.0 Å². The van der Waals surface area contributed by atoms with Gasteiger partial charge in [-0.25, -0.2) is 18.8 Å². The molecule has 5 N–H and O–H groups in total. The summed E-state index contributed by atoms with van der Waals surface area (Å²) in [4.78, 5) is 58.1. The predicted molar refractivity (Wildman–Crippen MR) is 116 cm³/mol. The number of ether oxygens (including phenoxy) is 2. The number of amides is 1. The molecule has 0 aliphatic carbocycles. The molecule has 2 rings (SSSR count). The smallest absolute Gasteiger partial charge is 0.480 e. The summed E-state index contributed by atoms with van der Waals surface area (Å²) >= 11 is 1.03. The van der Waals surface area contributed by atoms with Crippen LogP contribution in [0.2, 0.25) is 0 Å². The van der Waals surface area contributed by atoms with Gasteiger partial charge in [-0.05, 0) is 30.7 Å². The van der Waals surface area contributed by atoms with Gasteiger partial charge in [-0.1, -0.05) is 0 Å². The van der Waals surface area contributed by atoms with Gasteiger partial charge in [0.1, 0.15) is 11.9 Å². The van der Waals surface area contributed by atoms with Crippen molar-refractivity contribution in [3.8, 4) is 5.75 Å². The molecule has 0 spiro atoms. The Hall–Kier alpha value is -4.34. The minimum absolute atomic E-state index is 0.00516. The first-order chi connectivity index (χ1) is 17.2. The lowest BCUT2D eigenvalue weighted by molar-refractivity contribution is -0.202. The van der Waals surface area contributed by atoms with Crippen molar-refractivity contribution in [3.63, 3.8) is 0 Å². The molecular weight excluding hydrogens is 530 g/mol. The molecule has 0 unspecified atom stereocenters. The van der Waals surface area contributed by atoms with Gasteiger partial charge in [0, 0.05) is 22.2 Å². The van der Waals surface area contributed by atoms with Crippen LogP contribution < -0.4 is 15.8 Å². The zero-order chi connectivity index (χ0) is 27.9. The number of aryl methyl sites for hydroxylation is 1. The Labute approximate surface area is 208 Å². The quantitative estimate of drug-likeness (QED) is 0.0861. The maximum Gasteiger partial charge on any atom is 0.491 e. The third-order valence-electron chi connectivity index (χ3n) is 4.38. The monoisotopic (exact) mass is 547 g/mol. The van der Waals surface area contributed by atoms with Crippen LogP contribution in [-0.2, 0) is 30.3 Å². The summed E-state index contributed by atoms with van der Waals surface area (Å²) in [7, 11) is 0. The first-order valence-electron chi connectivity index (χ1n) is 9.95. The minimum atomic E-state index is -5.46. The number of carbonyl (C=O) groups is 5. The van der Waals surface area contributed by atoms with Crippen LogP contribution in [0.1, 0.15) is 33.6 Å². The molecule has 0 fully saturated rings. The number of nitrogens with two attached hydrogens (primary N) is 1. The maximum atomic E-state index is 14.0. The van der Waals surface area contributed by atoms with Crippen molar-refractivity contribution >= 4 is 47.0 Å². The van der Waals surface area contributed by atoms with Gasteiger partial charge in [0.25, 0.3) is 0 Å². The van der Waals surface area contributed by atoms with E-state index in [2.05, 4.69) is 4.74 Å². The molecule has 1 amide bonds. The highest BCUT2D eigenvalue weighted by molar-refractivity contribution is 7.10. The first kappa shape index (κ1) is 28.9. The average molecular weight is 547 g/mol. The molecule has 0 saturated carbocycles. The van der Waals surface area contributed by atoms with E-state index in [4.69, 9.17) is 21.0 Å². The average Bonchev–Trinajstić information content (AvgIpc) is 3.27. The number of benzene rings is 1. The van der Waals surface area contributed by atoms with Crippen molar-refractivity contribution in [1.29, 1.82) is 5.41 Å². The number of amidine groups is 1. The fraction of sp³-hybridized carbons (Fsp3) is 0.238. The molecule has 0 bridgehead atoms. The summed E-state index contributed by atoms with van der Waals surface area (Å²) in [5.74, 6) is -9.90. The van der Waals surface area contributed by atoms with Crippen molar-refractivity contribution in [3.05, 3.63) is 51.5 Å². The van der Waals surface area contributed by atoms with E-state index in [0.717, 1.165) is 23.5 Å². The van der Waals surface area contributed by atoms with Crippen LogP contribution in [0, 0.1) is 11.2 Å². The van der Waals surface area contributed by atoms with Gasteiger partial charge in [0.2, 0.25) is 5.91 Å². The molecule has 1 aromatic heterocycles. The summed E-state index contributed by atoms with van der Waals surface area (Å²) < 4.78 is 58.9. The summed E-state index contributed by atoms with van der Waals surface area (Å²) in [5, 5.41) is 19.6. The van der Waals surface area contributed by atoms with E-state index < -0.39 is 60.0 Å². The van der Waals surface area contributed by atoms with Crippen LogP contribution in [0.3, 0.4) is 0 Å². The highest BCUT2D eigenvalue weighted by Crippen LogP contribution is 2.22. The highest BCUT2D eigenvalue weighted by atomic mass is 32.1. The van der Waals surface area contributed by atoms with Crippen LogP contribution in [0.4, 0.5) is 17.6 Å². The first-order valence-corrected chi connectivity index (χ1v) is 10.8. The third-order valence-corrected chi connectivity index (χ3v) is 5.37. The van der Waals surface area contributed by atoms with Crippen LogP contribution in [0.5, 0.6) is 5.75 Å². The van der Waals surface area contributed by atoms with E-state index >= 15 is 0 Å². The molecule has 37 heavy (non-hydrogen) atoms. The Balaban J connectivity index is 1.90. The van der Waals surface area contributed by atoms with Crippen LogP contribution in [0.15, 0.2) is 29.6 Å². The number of nitrogen functional groups attached to an aromatic ring is 1. The van der Waals surface area contributed by atoms with Gasteiger partial charge in [0.15, 0.2) is 11.6 Å². The normalized spacial score (nSPS) is 11.8. The summed E-state index contributed by atoms with van der Waals surface area (Å²) in [6, 6.07) is 2.70. The van der Waals surface area contributed by atoms with E-state index in [-0.39, 0.29) is 29.8 Å². The topological polar surface area (TPSA) is 186 Å². The van der Waals surface area contributed by atoms with Gasteiger partial charge < -0.3 is 25.6 Å². The third kappa shape index (κ3) is 8.68. The number of carbonyl (C=O) groups excluding carboxylic acids is 4. The number of aliphatic carboxylic acids is 1. The Morgan fingerprint density at radius 3 is 2.38 bits per heavy atom. The SMILES string of the molecule is N=C(N)c1ccc(OC(=O)c2csc(CCC(=O)N[C@@H](CC(=O)OC(=O)C(F)(F)F)C(=O)O)c2)c(F)c1. The molecule has 0 aliphatic rings. The van der Waals surface area contributed by atoms with Gasteiger partial charge >= 0.3 is 30.1 Å². The molecule has 2 aromatic rings. The summed E-state index contributed by atoms with van der Waals surface area (Å²) in [6.07, 6.45) is -7.04. The number of nitrogens with one attached hydrogen (secondary N) is 2. The molecule has 0 saturated heterocycles. The van der Waals surface area contributed by atoms with Crippen LogP contribution in [0.25, 0.3) is 0 Å². The van der Waals surface area contributed by atoms with E-state index in [1.165, 1.54) is 17.5 Å². The molecule has 11 nitrogen and oxygen atoms in total. The second-order valence-corrected chi connectivity index (χ2v) is 8.17. The lowest BCUT2D eigenvalue weighted by Gasteiger charge is -2.13. The number of carboxylic acids is 1. The zero-order valence-corrected chi connectivity index (χ0v) is 19.2. The van der Waals surface area contributed by atoms with E-state index in [1.807, 2.05) is 5.32 Å². The van der Waals surface area contributed by atoms with Crippen LogP contribution >= 0.6 is 11.3 Å². The lowest BCUT2D eigenvalue weighted by Crippen LogP contribution is -2.43. The predicted octanol–water partition coefficient (Wildman–Crippen LogP) is 1.91. The zero-order valence-electron chi connectivity index (χ0n) is 18.4. The number of alkyl halides is 3. The second kappa shape index (κ2) is 12.1. The number of halogens is 4. The molecule has 0 aliphatic heterocycles. The summed E-state index contributed by atoms with van der Waals surface area (Å²) in [6.45, 7) is 0. The highest BCUT2D eigenvalue weighted by Gasteiger charge is 2.43. The fourth-order valence-electron chi connectivity index (χ4n) is 2.60. The molecule has 198 valence electrons. The lowest BCUT2D eigenvalue weighted by atomic mass is 10.1. The van der Waals surface area contributed by atoms with E-state index in [1.54, 1.807) is 0 Å². The van der Waals surface area contributed by atoms with Crippen molar-refractivity contribution < 1.29 is 56.1 Å². The van der Waals surface area contributed by atoms with Crippen LogP contribution in [-0.4, -0.2) is 52.9 Å². The molecule has 0 radical (unpaired) electrons. The van der Waals surface area contributed by atoms with Gasteiger partial charge in [-0.15, -0.1) is 11.3 Å². The van der Waals surface area contributed by atoms with Gasteiger partial charge in [-0.2, -0.15) is 13.2 Å². The molecule has 1 aromatic carbocycles. The standard InChI is InChI=1S/C21H17F4N3O8S/c22-12-6-9(17(26)27)1-3-14(12)35-19(33)10-5-11(37-8-10)2-4-15(29)28-13(18(31)32)7-16(30)36-20(34)21(23,24)25/h1,3,5-6,8,13H,2,4,7H2,(H3,26,27)(H,28,29)(H,31,32)/t13-/m0/s1. The molecule has 1 atom stereocenters. The molecular formula is C21H17F4N3O8S. The number of carboxylic acid groups (broad SMARTS) is 1. The minimum Gasteiger partial charge on any atom is -0.480 e. The Kier molecular flexibility index (Phi) is 9.42. The Morgan fingerprint density at radius 2 is 1.81 bits per heavy atom. The van der Waals surface area contributed by atoms with E-state index in [9.17, 15) is 41.5 Å². The maximum absolute atomic E-state index is 14.0. The number of hydrogen-bond donors (Lipinski definition) is 4. The van der Waals surface area contributed by atoms with Crippen molar-refractivity contribution in [2.45, 2.75) is 31.5 Å². The van der Waals surface area contributed by atoms with E-state index in [0.29, 0.717) is 4.88 Å². The Bertz CT molecular complexity index is 1240. The van der Waals surface area contributed by atoms with Crippen molar-refractivity contribution in [1.82, 2.24) is 5.32 Å². The summed E-state index contributed by atoms with van der Waals surface area (Å²) in [5.41, 5.74) is 5.37. The number of esters is 3. The largest absolute Gasteiger partial charge is 0.491 e. The van der Waals surface area contributed by atoms with Crippen molar-refractivity contribution in [2.75, 3.05) is 0 Å². The second-order valence-electron chi connectivity index (χ2n) is 7.17. The fourth-order valence-corrected chi connectivity index (χ4v) is 3.46. The molecule has 1 heterocycles.